The average Bonchev–Trinajstić information content (AvgIpc) is 2.97. The predicted molar refractivity (Wildman–Crippen MR) is 82.1 cm³/mol. The van der Waals surface area contributed by atoms with Crippen molar-refractivity contribution >= 4 is 21.5 Å². The molecule has 0 fully saturated rings. The maximum absolute atomic E-state index is 11.9. The van der Waals surface area contributed by atoms with Crippen molar-refractivity contribution in [3.05, 3.63) is 42.4 Å². The molecular formula is C14H14N4O3S. The van der Waals surface area contributed by atoms with Gasteiger partial charge in [-0.1, -0.05) is 35.5 Å². The molecule has 0 unspecified atom stereocenters. The minimum atomic E-state index is -3.65. The van der Waals surface area contributed by atoms with Crippen LogP contribution in [0.4, 0.5) is 0 Å². The van der Waals surface area contributed by atoms with E-state index in [-0.39, 0.29) is 12.4 Å². The zero-order chi connectivity index (χ0) is 15.7. The number of allylic oxidation sites excluding steroid dienone is 1. The van der Waals surface area contributed by atoms with Gasteiger partial charge >= 0.3 is 10.2 Å². The SMILES string of the molecule is CCN1C=C(c2nc(-c3ccccc3)no2)C(C)=NS1(=O)=O. The lowest BCUT2D eigenvalue weighted by Crippen LogP contribution is -2.29. The molecule has 2 aromatic rings. The molecule has 1 aliphatic rings. The summed E-state index contributed by atoms with van der Waals surface area (Å²) in [4.78, 5) is 4.32. The molecule has 22 heavy (non-hydrogen) atoms. The third kappa shape index (κ3) is 2.52. The van der Waals surface area contributed by atoms with Crippen molar-refractivity contribution < 1.29 is 12.9 Å². The van der Waals surface area contributed by atoms with Gasteiger partial charge in [0, 0.05) is 18.3 Å². The Morgan fingerprint density at radius 1 is 1.23 bits per heavy atom. The second-order valence-electron chi connectivity index (χ2n) is 4.69. The Bertz CT molecular complexity index is 853. The van der Waals surface area contributed by atoms with E-state index in [1.165, 1.54) is 6.20 Å². The lowest BCUT2D eigenvalue weighted by molar-refractivity contribution is 0.408. The Balaban J connectivity index is 2.00. The first-order valence-corrected chi connectivity index (χ1v) is 8.11. The summed E-state index contributed by atoms with van der Waals surface area (Å²) in [5.74, 6) is 0.689. The van der Waals surface area contributed by atoms with Crippen LogP contribution in [0.25, 0.3) is 17.0 Å². The molecule has 8 heteroatoms. The number of rotatable bonds is 3. The number of nitrogens with zero attached hydrogens (tertiary/aromatic N) is 4. The van der Waals surface area contributed by atoms with Crippen LogP contribution < -0.4 is 0 Å². The van der Waals surface area contributed by atoms with Crippen molar-refractivity contribution in [2.75, 3.05) is 6.54 Å². The highest BCUT2D eigenvalue weighted by Crippen LogP contribution is 2.25. The molecule has 7 nitrogen and oxygen atoms in total. The summed E-state index contributed by atoms with van der Waals surface area (Å²) in [6.45, 7) is 3.61. The van der Waals surface area contributed by atoms with Crippen LogP contribution in [-0.2, 0) is 10.2 Å². The van der Waals surface area contributed by atoms with Gasteiger partial charge in [0.25, 0.3) is 5.89 Å². The second-order valence-corrected chi connectivity index (χ2v) is 6.24. The van der Waals surface area contributed by atoms with Gasteiger partial charge < -0.3 is 4.52 Å². The molecule has 0 N–H and O–H groups in total. The number of benzene rings is 1. The monoisotopic (exact) mass is 318 g/mol. The van der Waals surface area contributed by atoms with Gasteiger partial charge in [-0.3, -0.25) is 4.31 Å². The number of aromatic nitrogens is 2. The Morgan fingerprint density at radius 2 is 1.95 bits per heavy atom. The fraction of sp³-hybridized carbons (Fsp3) is 0.214. The van der Waals surface area contributed by atoms with Gasteiger partial charge in [0.05, 0.1) is 11.3 Å². The first kappa shape index (κ1) is 14.5. The number of hydrogen-bond donors (Lipinski definition) is 0. The molecular weight excluding hydrogens is 304 g/mol. The minimum absolute atomic E-state index is 0.244. The van der Waals surface area contributed by atoms with E-state index in [0.717, 1.165) is 9.87 Å². The summed E-state index contributed by atoms with van der Waals surface area (Å²) in [6.07, 6.45) is 1.47. The fourth-order valence-corrected chi connectivity index (χ4v) is 3.19. The van der Waals surface area contributed by atoms with E-state index in [1.54, 1.807) is 13.8 Å². The third-order valence-electron chi connectivity index (χ3n) is 3.21. The highest BCUT2D eigenvalue weighted by Gasteiger charge is 2.27. The molecule has 0 bridgehead atoms. The topological polar surface area (TPSA) is 88.7 Å². The standard InChI is InChI=1S/C14H14N4O3S/c1-3-18-9-12(10(2)17-22(18,19)20)14-15-13(16-21-14)11-7-5-4-6-8-11/h4-9H,3H2,1-2H3. The summed E-state index contributed by atoms with van der Waals surface area (Å²) in [6, 6.07) is 9.39. The van der Waals surface area contributed by atoms with E-state index in [9.17, 15) is 8.42 Å². The molecule has 0 amide bonds. The van der Waals surface area contributed by atoms with Crippen LogP contribution in [-0.4, -0.2) is 35.1 Å². The average molecular weight is 318 g/mol. The van der Waals surface area contributed by atoms with Crippen molar-refractivity contribution in [1.29, 1.82) is 0 Å². The summed E-state index contributed by atoms with van der Waals surface area (Å²) in [5.41, 5.74) is 1.66. The minimum Gasteiger partial charge on any atom is -0.333 e. The van der Waals surface area contributed by atoms with Gasteiger partial charge in [0.2, 0.25) is 5.82 Å². The van der Waals surface area contributed by atoms with Crippen molar-refractivity contribution in [2.24, 2.45) is 4.40 Å². The largest absolute Gasteiger partial charge is 0.344 e. The molecule has 1 aliphatic heterocycles. The summed E-state index contributed by atoms with van der Waals surface area (Å²) < 4.78 is 33.8. The van der Waals surface area contributed by atoms with Gasteiger partial charge in [-0.05, 0) is 13.8 Å². The van der Waals surface area contributed by atoms with Gasteiger partial charge in [0.1, 0.15) is 0 Å². The van der Waals surface area contributed by atoms with E-state index in [1.807, 2.05) is 30.3 Å². The Morgan fingerprint density at radius 3 is 2.64 bits per heavy atom. The molecule has 3 rings (SSSR count). The van der Waals surface area contributed by atoms with E-state index in [0.29, 0.717) is 17.1 Å². The maximum atomic E-state index is 11.9. The first-order chi connectivity index (χ1) is 10.5. The van der Waals surface area contributed by atoms with Crippen molar-refractivity contribution in [3.8, 4) is 11.4 Å². The summed E-state index contributed by atoms with van der Waals surface area (Å²) >= 11 is 0. The summed E-state index contributed by atoms with van der Waals surface area (Å²) in [7, 11) is -3.65. The van der Waals surface area contributed by atoms with Crippen LogP contribution in [0, 0.1) is 0 Å². The molecule has 0 atom stereocenters. The van der Waals surface area contributed by atoms with Crippen LogP contribution in [0.3, 0.4) is 0 Å². The highest BCUT2D eigenvalue weighted by atomic mass is 32.2. The predicted octanol–water partition coefficient (Wildman–Crippen LogP) is 2.12. The van der Waals surface area contributed by atoms with E-state index in [4.69, 9.17) is 4.52 Å². The van der Waals surface area contributed by atoms with E-state index in [2.05, 4.69) is 14.5 Å². The molecule has 114 valence electrons. The second kappa shape index (κ2) is 5.38. The van der Waals surface area contributed by atoms with Crippen molar-refractivity contribution in [2.45, 2.75) is 13.8 Å². The normalized spacial score (nSPS) is 17.1. The molecule has 0 spiro atoms. The van der Waals surface area contributed by atoms with Crippen molar-refractivity contribution in [3.63, 3.8) is 0 Å². The Hall–Kier alpha value is -2.48. The molecule has 0 radical (unpaired) electrons. The Kier molecular flexibility index (Phi) is 3.53. The third-order valence-corrected chi connectivity index (χ3v) is 4.67. The van der Waals surface area contributed by atoms with Crippen LogP contribution in [0.15, 0.2) is 45.5 Å². The molecule has 1 aromatic carbocycles. The fourth-order valence-electron chi connectivity index (χ4n) is 2.08. The van der Waals surface area contributed by atoms with Crippen LogP contribution in [0.5, 0.6) is 0 Å². The molecule has 0 saturated heterocycles. The van der Waals surface area contributed by atoms with E-state index >= 15 is 0 Å². The van der Waals surface area contributed by atoms with Gasteiger partial charge in [0.15, 0.2) is 0 Å². The van der Waals surface area contributed by atoms with Gasteiger partial charge in [-0.25, -0.2) is 0 Å². The zero-order valence-corrected chi connectivity index (χ0v) is 12.9. The molecule has 2 heterocycles. The van der Waals surface area contributed by atoms with Crippen molar-refractivity contribution in [1.82, 2.24) is 14.4 Å². The molecule has 0 saturated carbocycles. The lowest BCUT2D eigenvalue weighted by atomic mass is 10.2. The first-order valence-electron chi connectivity index (χ1n) is 6.71. The van der Waals surface area contributed by atoms with Crippen LogP contribution >= 0.6 is 0 Å². The smallest absolute Gasteiger partial charge is 0.333 e. The highest BCUT2D eigenvalue weighted by molar-refractivity contribution is 7.88. The number of hydrogen-bond acceptors (Lipinski definition) is 5. The molecule has 1 aromatic heterocycles. The summed E-state index contributed by atoms with van der Waals surface area (Å²) in [5, 5.41) is 3.93. The van der Waals surface area contributed by atoms with Crippen LogP contribution in [0.2, 0.25) is 0 Å². The van der Waals surface area contributed by atoms with Crippen LogP contribution in [0.1, 0.15) is 19.7 Å². The van der Waals surface area contributed by atoms with Gasteiger partial charge in [-0.2, -0.15) is 13.4 Å². The lowest BCUT2D eigenvalue weighted by Gasteiger charge is -2.20. The molecule has 0 aliphatic carbocycles. The quantitative estimate of drug-likeness (QED) is 0.865. The zero-order valence-electron chi connectivity index (χ0n) is 12.1. The van der Waals surface area contributed by atoms with E-state index < -0.39 is 10.2 Å². The Labute approximate surface area is 128 Å². The maximum Gasteiger partial charge on any atom is 0.344 e. The van der Waals surface area contributed by atoms with Gasteiger partial charge in [-0.15, -0.1) is 4.40 Å².